The molecule has 4 rings (SSSR count). The molecule has 350 valence electrons. The monoisotopic (exact) mass is 842 g/mol. The molecular weight excluding hydrogens is 743 g/mol. The Balaban J connectivity index is 1.12. The van der Waals surface area contributed by atoms with Crippen LogP contribution in [0.3, 0.4) is 0 Å². The quantitative estimate of drug-likeness (QED) is 0.0315. The number of carbonyl (C=O) groups is 1. The van der Waals surface area contributed by atoms with E-state index in [0.717, 1.165) is 145 Å². The number of carbonyl (C=O) groups excluding carboxylic acids is 1. The van der Waals surface area contributed by atoms with Gasteiger partial charge in [0.1, 0.15) is 6.10 Å². The van der Waals surface area contributed by atoms with Crippen LogP contribution in [0, 0.1) is 52.3 Å². The van der Waals surface area contributed by atoms with E-state index in [0.29, 0.717) is 11.8 Å². The molecule has 3 fully saturated rings. The van der Waals surface area contributed by atoms with Crippen molar-refractivity contribution >= 4 is 5.97 Å². The highest BCUT2D eigenvalue weighted by molar-refractivity contribution is 5.69. The molecule has 1 N–H and O–H groups in total. The van der Waals surface area contributed by atoms with E-state index < -0.39 is 0 Å². The van der Waals surface area contributed by atoms with E-state index in [-0.39, 0.29) is 30.4 Å². The molecule has 6 heteroatoms. The Morgan fingerprint density at radius 1 is 0.750 bits per heavy atom. The summed E-state index contributed by atoms with van der Waals surface area (Å²) in [6, 6.07) is 0. The third-order valence-corrected chi connectivity index (χ3v) is 17.1. The molecule has 0 aromatic heterocycles. The van der Waals surface area contributed by atoms with Crippen LogP contribution in [0.25, 0.3) is 0 Å². The maximum Gasteiger partial charge on any atom is 0.306 e. The van der Waals surface area contributed by atoms with Crippen molar-refractivity contribution in [3.63, 3.8) is 0 Å². The van der Waals surface area contributed by atoms with Crippen LogP contribution in [-0.4, -0.2) is 67.8 Å². The lowest BCUT2D eigenvalue weighted by Gasteiger charge is -2.58. The van der Waals surface area contributed by atoms with Gasteiger partial charge in [-0.3, -0.25) is 4.79 Å². The van der Waals surface area contributed by atoms with Crippen molar-refractivity contribution in [3.05, 3.63) is 11.6 Å². The van der Waals surface area contributed by atoms with Crippen molar-refractivity contribution in [2.24, 2.45) is 52.3 Å². The molecule has 60 heavy (non-hydrogen) atoms. The minimum atomic E-state index is -0.0694. The number of ether oxygens (including phenoxy) is 3. The van der Waals surface area contributed by atoms with Gasteiger partial charge in [-0.15, -0.1) is 0 Å². The molecule has 9 unspecified atom stereocenters. The molecule has 9 atom stereocenters. The number of aliphatic hydroxyl groups excluding tert-OH is 1. The molecule has 0 saturated heterocycles. The molecule has 0 radical (unpaired) electrons. The zero-order valence-corrected chi connectivity index (χ0v) is 40.9. The average Bonchev–Trinajstić information content (AvgIpc) is 3.59. The molecule has 0 aromatic rings. The van der Waals surface area contributed by atoms with Crippen LogP contribution in [0.4, 0.5) is 0 Å². The summed E-state index contributed by atoms with van der Waals surface area (Å²) in [6.07, 6.45) is 33.1. The van der Waals surface area contributed by atoms with E-state index in [1.165, 1.54) is 89.9 Å². The lowest BCUT2D eigenvalue weighted by Crippen LogP contribution is -2.51. The summed E-state index contributed by atoms with van der Waals surface area (Å²) >= 11 is 0. The summed E-state index contributed by atoms with van der Waals surface area (Å²) in [7, 11) is 0. The van der Waals surface area contributed by atoms with Crippen LogP contribution in [-0.2, 0) is 19.0 Å². The number of rotatable bonds is 32. The zero-order valence-electron chi connectivity index (χ0n) is 40.9. The number of hydrogen-bond donors (Lipinski definition) is 1. The molecule has 0 spiro atoms. The van der Waals surface area contributed by atoms with Crippen LogP contribution < -0.4 is 0 Å². The first-order valence-electron chi connectivity index (χ1n) is 26.4. The number of esters is 1. The summed E-state index contributed by atoms with van der Waals surface area (Å²) in [5.74, 6) is 5.87. The zero-order chi connectivity index (χ0) is 43.4. The van der Waals surface area contributed by atoms with Crippen LogP contribution in [0.5, 0.6) is 0 Å². The molecule has 4 aliphatic carbocycles. The fourth-order valence-corrected chi connectivity index (χ4v) is 12.8. The molecular formula is C54H99NO5. The van der Waals surface area contributed by atoms with Crippen molar-refractivity contribution in [2.75, 3.05) is 39.5 Å². The Morgan fingerprint density at radius 2 is 1.42 bits per heavy atom. The number of allylic oxidation sites excluding steroid dienone is 1. The fourth-order valence-electron chi connectivity index (χ4n) is 12.8. The molecule has 0 aromatic carbocycles. The van der Waals surface area contributed by atoms with Gasteiger partial charge in [0.2, 0.25) is 0 Å². The van der Waals surface area contributed by atoms with E-state index >= 15 is 0 Å². The smallest absolute Gasteiger partial charge is 0.306 e. The van der Waals surface area contributed by atoms with Gasteiger partial charge in [0, 0.05) is 32.6 Å². The first-order chi connectivity index (χ1) is 29.0. The second-order valence-corrected chi connectivity index (χ2v) is 21.6. The average molecular weight is 842 g/mol. The number of unbranched alkanes of at least 4 members (excludes halogenated alkanes) is 10. The lowest BCUT2D eigenvalue weighted by atomic mass is 9.47. The molecule has 4 aliphatic rings. The molecule has 0 heterocycles. The Morgan fingerprint density at radius 3 is 2.07 bits per heavy atom. The molecule has 3 saturated carbocycles. The number of fused-ring (bicyclic) bond motifs is 5. The van der Waals surface area contributed by atoms with Crippen LogP contribution in [0.15, 0.2) is 11.6 Å². The van der Waals surface area contributed by atoms with Gasteiger partial charge in [-0.2, -0.15) is 0 Å². The van der Waals surface area contributed by atoms with E-state index in [9.17, 15) is 9.90 Å². The van der Waals surface area contributed by atoms with Gasteiger partial charge >= 0.3 is 5.97 Å². The highest BCUT2D eigenvalue weighted by atomic mass is 16.7. The van der Waals surface area contributed by atoms with Crippen molar-refractivity contribution in [1.29, 1.82) is 0 Å². The summed E-state index contributed by atoms with van der Waals surface area (Å²) in [6.45, 7) is 24.1. The van der Waals surface area contributed by atoms with Gasteiger partial charge < -0.3 is 24.2 Å². The van der Waals surface area contributed by atoms with Crippen molar-refractivity contribution < 1.29 is 24.1 Å². The van der Waals surface area contributed by atoms with Crippen molar-refractivity contribution in [2.45, 2.75) is 235 Å². The first kappa shape index (κ1) is 51.7. The van der Waals surface area contributed by atoms with Crippen molar-refractivity contribution in [1.82, 2.24) is 4.90 Å². The molecule has 6 nitrogen and oxygen atoms in total. The number of hydrogen-bond acceptors (Lipinski definition) is 6. The fraction of sp³-hybridized carbons (Fsp3) is 0.944. The van der Waals surface area contributed by atoms with E-state index in [4.69, 9.17) is 14.2 Å². The standard InChI is InChI=1S/C54H99NO5/c1-9-11-13-21-39-58-52(59-40-22-14-12-10-2)24-18-16-20-36-55(37-38-56)35-19-15-17-23-51(57)60-46-31-33-53(7)45(41-46)27-28-47-49-30-29-48(54(49,8)34-32-50(47)53)44(6)26-25-43(5)42(3)4/h27,42-44,46-50,52,56H,9-26,28-41H2,1-8H3. The summed E-state index contributed by atoms with van der Waals surface area (Å²) in [5, 5.41) is 9.74. The SMILES string of the molecule is CCCCCCOC(CCCCCN(CCO)CCCCCC(=O)OC1CCC2(C)C(=CCC3C2CCC2(C)C(C(C)CCC(C)C(C)C)CCC32)C1)OCCCCCC. The number of aliphatic hydroxyl groups is 1. The topological polar surface area (TPSA) is 68.2 Å². The minimum Gasteiger partial charge on any atom is -0.462 e. The van der Waals surface area contributed by atoms with E-state index in [2.05, 4.69) is 66.4 Å². The second-order valence-electron chi connectivity index (χ2n) is 21.6. The highest BCUT2D eigenvalue weighted by Gasteiger charge is 2.59. The van der Waals surface area contributed by atoms with Crippen LogP contribution in [0.2, 0.25) is 0 Å². The predicted molar refractivity (Wildman–Crippen MR) is 252 cm³/mol. The van der Waals surface area contributed by atoms with Gasteiger partial charge in [-0.25, -0.2) is 0 Å². The van der Waals surface area contributed by atoms with Gasteiger partial charge in [-0.1, -0.05) is 131 Å². The van der Waals surface area contributed by atoms with Gasteiger partial charge in [0.15, 0.2) is 6.29 Å². The van der Waals surface area contributed by atoms with Gasteiger partial charge in [-0.05, 0) is 155 Å². The van der Waals surface area contributed by atoms with E-state index in [1.807, 2.05) is 0 Å². The molecule has 0 amide bonds. The van der Waals surface area contributed by atoms with Gasteiger partial charge in [0.25, 0.3) is 0 Å². The third kappa shape index (κ3) is 15.6. The largest absolute Gasteiger partial charge is 0.462 e. The number of nitrogens with zero attached hydrogens (tertiary/aromatic N) is 1. The minimum absolute atomic E-state index is 0.000577. The molecule has 0 aliphatic heterocycles. The maximum atomic E-state index is 13.1. The Bertz CT molecular complexity index is 1190. The van der Waals surface area contributed by atoms with Gasteiger partial charge in [0.05, 0.1) is 6.61 Å². The predicted octanol–water partition coefficient (Wildman–Crippen LogP) is 14.1. The Kier molecular flexibility index (Phi) is 23.6. The maximum absolute atomic E-state index is 13.1. The second kappa shape index (κ2) is 27.4. The Labute approximate surface area is 371 Å². The molecule has 0 bridgehead atoms. The van der Waals surface area contributed by atoms with Crippen molar-refractivity contribution in [3.8, 4) is 0 Å². The third-order valence-electron chi connectivity index (χ3n) is 17.1. The van der Waals surface area contributed by atoms with E-state index in [1.54, 1.807) is 5.57 Å². The van der Waals surface area contributed by atoms with Crippen LogP contribution >= 0.6 is 0 Å². The highest BCUT2D eigenvalue weighted by Crippen LogP contribution is 2.67. The normalized spacial score (nSPS) is 28.7. The summed E-state index contributed by atoms with van der Waals surface area (Å²) < 4.78 is 18.5. The van der Waals surface area contributed by atoms with Crippen LogP contribution in [0.1, 0.15) is 222 Å². The lowest BCUT2D eigenvalue weighted by molar-refractivity contribution is -0.151. The first-order valence-corrected chi connectivity index (χ1v) is 26.4. The summed E-state index contributed by atoms with van der Waals surface area (Å²) in [4.78, 5) is 15.5. The Hall–Kier alpha value is -0.950. The summed E-state index contributed by atoms with van der Waals surface area (Å²) in [5.41, 5.74) is 2.42.